The first-order valence-electron chi connectivity index (χ1n) is 5.11. The summed E-state index contributed by atoms with van der Waals surface area (Å²) in [6.45, 7) is 0. The molecule has 6 nitrogen and oxygen atoms in total. The zero-order valence-corrected chi connectivity index (χ0v) is 9.15. The van der Waals surface area contributed by atoms with Crippen LogP contribution in [0.3, 0.4) is 0 Å². The molecule has 6 heteroatoms. The van der Waals surface area contributed by atoms with Gasteiger partial charge in [0, 0.05) is 19.4 Å². The fourth-order valence-electron chi connectivity index (χ4n) is 2.16. The number of carboxylic acid groups (broad SMARTS) is 1. The molecule has 0 saturated carbocycles. The van der Waals surface area contributed by atoms with E-state index in [1.807, 2.05) is 0 Å². The molecule has 0 bridgehead atoms. The third-order valence-corrected chi connectivity index (χ3v) is 3.01. The molecule has 90 valence electrons. The van der Waals surface area contributed by atoms with Crippen LogP contribution < -0.4 is 0 Å². The van der Waals surface area contributed by atoms with Gasteiger partial charge in [0.25, 0.3) is 5.91 Å². The highest BCUT2D eigenvalue weighted by Gasteiger charge is 2.50. The second kappa shape index (κ2) is 4.14. The minimum atomic E-state index is -1.50. The summed E-state index contributed by atoms with van der Waals surface area (Å²) in [7, 11) is 1.48. The molecule has 1 amide bonds. The van der Waals surface area contributed by atoms with E-state index in [0.29, 0.717) is 5.56 Å². The molecule has 1 aliphatic rings. The summed E-state index contributed by atoms with van der Waals surface area (Å²) in [4.78, 5) is 27.9. The Hall–Kier alpha value is -1.95. The fourth-order valence-corrected chi connectivity index (χ4v) is 2.16. The van der Waals surface area contributed by atoms with Crippen LogP contribution in [0, 0.1) is 5.92 Å². The van der Waals surface area contributed by atoms with Gasteiger partial charge in [0.15, 0.2) is 0 Å². The molecule has 0 radical (unpaired) electrons. The molecule has 1 aromatic heterocycles. The van der Waals surface area contributed by atoms with E-state index in [0.717, 1.165) is 0 Å². The van der Waals surface area contributed by atoms with Crippen molar-refractivity contribution >= 4 is 11.9 Å². The minimum Gasteiger partial charge on any atom is -0.481 e. The van der Waals surface area contributed by atoms with Crippen LogP contribution >= 0.6 is 0 Å². The van der Waals surface area contributed by atoms with Crippen LogP contribution in [0.25, 0.3) is 0 Å². The smallest absolute Gasteiger partial charge is 0.312 e. The molecule has 1 saturated heterocycles. The molecule has 0 unspecified atom stereocenters. The number of amides is 1. The van der Waals surface area contributed by atoms with Gasteiger partial charge in [-0.15, -0.1) is 0 Å². The second-order valence-corrected chi connectivity index (χ2v) is 3.99. The van der Waals surface area contributed by atoms with E-state index in [1.165, 1.54) is 18.1 Å². The van der Waals surface area contributed by atoms with Crippen molar-refractivity contribution in [1.82, 2.24) is 9.88 Å². The van der Waals surface area contributed by atoms with Crippen molar-refractivity contribution in [2.75, 3.05) is 7.05 Å². The summed E-state index contributed by atoms with van der Waals surface area (Å²) in [5.74, 6) is -2.92. The van der Waals surface area contributed by atoms with E-state index in [-0.39, 0.29) is 0 Å². The number of nitrogens with zero attached hydrogens (tertiary/aromatic N) is 2. The molecule has 0 aliphatic carbocycles. The third-order valence-electron chi connectivity index (χ3n) is 3.01. The van der Waals surface area contributed by atoms with Gasteiger partial charge in [-0.05, 0) is 11.6 Å². The number of aliphatic hydroxyl groups is 1. The lowest BCUT2D eigenvalue weighted by Gasteiger charge is -2.22. The first-order chi connectivity index (χ1) is 8.04. The Morgan fingerprint density at radius 3 is 2.76 bits per heavy atom. The number of likely N-dealkylation sites (tertiary alicyclic amines) is 1. The van der Waals surface area contributed by atoms with Gasteiger partial charge in [-0.2, -0.15) is 0 Å². The summed E-state index contributed by atoms with van der Waals surface area (Å²) < 4.78 is 0. The Bertz CT molecular complexity index is 448. The van der Waals surface area contributed by atoms with Gasteiger partial charge in [-0.1, -0.05) is 6.07 Å². The summed E-state index contributed by atoms with van der Waals surface area (Å²) in [5.41, 5.74) is 0.604. The Morgan fingerprint density at radius 1 is 1.53 bits per heavy atom. The van der Waals surface area contributed by atoms with E-state index < -0.39 is 29.9 Å². The molecule has 2 rings (SSSR count). The van der Waals surface area contributed by atoms with Crippen molar-refractivity contribution in [2.24, 2.45) is 5.92 Å². The zero-order chi connectivity index (χ0) is 12.6. The molecule has 17 heavy (non-hydrogen) atoms. The monoisotopic (exact) mass is 236 g/mol. The van der Waals surface area contributed by atoms with Crippen LogP contribution in [0.2, 0.25) is 0 Å². The number of hydrogen-bond acceptors (Lipinski definition) is 4. The predicted molar refractivity (Wildman–Crippen MR) is 56.9 cm³/mol. The quantitative estimate of drug-likeness (QED) is 0.732. The molecule has 3 atom stereocenters. The fraction of sp³-hybridized carbons (Fsp3) is 0.364. The van der Waals surface area contributed by atoms with Gasteiger partial charge in [-0.25, -0.2) is 0 Å². The maximum absolute atomic E-state index is 11.6. The Labute approximate surface area is 97.5 Å². The molecule has 2 heterocycles. The average molecular weight is 236 g/mol. The van der Waals surface area contributed by atoms with Crippen molar-refractivity contribution < 1.29 is 19.8 Å². The predicted octanol–water partition coefficient (Wildman–Crippen LogP) is -0.344. The summed E-state index contributed by atoms with van der Waals surface area (Å²) in [5, 5.41) is 18.7. The standard InChI is InChI=1S/C11H12N2O4/c1-13-8(6-3-2-4-12-5-6)7(11(16)17)9(14)10(13)15/h2-5,7-9,14H,1H3,(H,16,17)/t7-,8-,9-/m0/s1. The van der Waals surface area contributed by atoms with Crippen molar-refractivity contribution in [3.8, 4) is 0 Å². The van der Waals surface area contributed by atoms with E-state index in [2.05, 4.69) is 4.98 Å². The molecule has 1 aliphatic heterocycles. The number of aliphatic hydroxyl groups excluding tert-OH is 1. The van der Waals surface area contributed by atoms with Crippen LogP contribution in [-0.4, -0.2) is 45.1 Å². The van der Waals surface area contributed by atoms with Crippen molar-refractivity contribution in [2.45, 2.75) is 12.1 Å². The van der Waals surface area contributed by atoms with E-state index in [4.69, 9.17) is 5.11 Å². The SMILES string of the molecule is CN1C(=O)[C@@H](O)[C@@H](C(=O)O)[C@@H]1c1cccnc1. The first-order valence-corrected chi connectivity index (χ1v) is 5.11. The summed E-state index contributed by atoms with van der Waals surface area (Å²) in [6, 6.07) is 2.68. The molecule has 0 aromatic carbocycles. The Morgan fingerprint density at radius 2 is 2.24 bits per heavy atom. The van der Waals surface area contributed by atoms with Crippen molar-refractivity contribution in [3.63, 3.8) is 0 Å². The number of aromatic nitrogens is 1. The maximum atomic E-state index is 11.6. The highest BCUT2D eigenvalue weighted by Crippen LogP contribution is 2.36. The summed E-state index contributed by atoms with van der Waals surface area (Å²) in [6.07, 6.45) is 1.57. The van der Waals surface area contributed by atoms with Crippen LogP contribution in [0.5, 0.6) is 0 Å². The minimum absolute atomic E-state index is 0.578. The zero-order valence-electron chi connectivity index (χ0n) is 9.15. The number of carboxylic acids is 1. The lowest BCUT2D eigenvalue weighted by atomic mass is 9.93. The van der Waals surface area contributed by atoms with Gasteiger partial charge in [0.2, 0.25) is 0 Å². The van der Waals surface area contributed by atoms with E-state index >= 15 is 0 Å². The number of carbonyl (C=O) groups excluding carboxylic acids is 1. The third kappa shape index (κ3) is 1.76. The molecule has 2 N–H and O–H groups in total. The number of pyridine rings is 1. The highest BCUT2D eigenvalue weighted by atomic mass is 16.4. The maximum Gasteiger partial charge on any atom is 0.312 e. The lowest BCUT2D eigenvalue weighted by Crippen LogP contribution is -2.29. The van der Waals surface area contributed by atoms with E-state index in [1.54, 1.807) is 18.3 Å². The van der Waals surface area contributed by atoms with Gasteiger partial charge in [0.1, 0.15) is 12.0 Å². The molecular weight excluding hydrogens is 224 g/mol. The summed E-state index contributed by atoms with van der Waals surface area (Å²) >= 11 is 0. The van der Waals surface area contributed by atoms with Crippen molar-refractivity contribution in [1.29, 1.82) is 0 Å². The van der Waals surface area contributed by atoms with Crippen LogP contribution in [0.4, 0.5) is 0 Å². The molecule has 1 fully saturated rings. The van der Waals surface area contributed by atoms with Crippen LogP contribution in [0.1, 0.15) is 11.6 Å². The van der Waals surface area contributed by atoms with Crippen molar-refractivity contribution in [3.05, 3.63) is 30.1 Å². The van der Waals surface area contributed by atoms with Crippen LogP contribution in [0.15, 0.2) is 24.5 Å². The van der Waals surface area contributed by atoms with Gasteiger partial charge in [0.05, 0.1) is 6.04 Å². The number of aliphatic carboxylic acids is 1. The molecular formula is C11H12N2O4. The normalized spacial score (nSPS) is 28.5. The lowest BCUT2D eigenvalue weighted by molar-refractivity contribution is -0.147. The second-order valence-electron chi connectivity index (χ2n) is 3.99. The number of likely N-dealkylation sites (N-methyl/N-ethyl adjacent to an activating group) is 1. The number of rotatable bonds is 2. The highest BCUT2D eigenvalue weighted by molar-refractivity contribution is 5.91. The molecule has 1 aromatic rings. The van der Waals surface area contributed by atoms with Crippen LogP contribution in [-0.2, 0) is 9.59 Å². The van der Waals surface area contributed by atoms with E-state index in [9.17, 15) is 14.7 Å². The topological polar surface area (TPSA) is 90.7 Å². The first kappa shape index (κ1) is 11.5. The van der Waals surface area contributed by atoms with Gasteiger partial charge in [-0.3, -0.25) is 14.6 Å². The number of carbonyl (C=O) groups is 2. The largest absolute Gasteiger partial charge is 0.481 e. The Kier molecular flexibility index (Phi) is 2.81. The van der Waals surface area contributed by atoms with Gasteiger partial charge >= 0.3 is 5.97 Å². The van der Waals surface area contributed by atoms with Gasteiger partial charge < -0.3 is 15.1 Å². The Balaban J connectivity index is 2.43. The number of hydrogen-bond donors (Lipinski definition) is 2. The average Bonchev–Trinajstić information content (AvgIpc) is 2.55. The molecule has 0 spiro atoms.